The largest absolute Gasteiger partial charge is 0.493 e. The third kappa shape index (κ3) is 6.23. The third-order valence-electron chi connectivity index (χ3n) is 5.49. The molecule has 0 bridgehead atoms. The second-order valence-corrected chi connectivity index (χ2v) is 7.65. The van der Waals surface area contributed by atoms with Gasteiger partial charge in [-0.1, -0.05) is 23.4 Å². The summed E-state index contributed by atoms with van der Waals surface area (Å²) in [6.45, 7) is 1.42. The van der Waals surface area contributed by atoms with Crippen LogP contribution in [0.4, 0.5) is 0 Å². The van der Waals surface area contributed by atoms with Crippen molar-refractivity contribution >= 4 is 11.6 Å². The molecule has 0 aromatic heterocycles. The van der Waals surface area contributed by atoms with Crippen molar-refractivity contribution in [2.45, 2.75) is 32.1 Å². The first kappa shape index (κ1) is 23.6. The lowest BCUT2D eigenvalue weighted by Gasteiger charge is -2.17. The quantitative estimate of drug-likeness (QED) is 0.327. The van der Waals surface area contributed by atoms with E-state index in [9.17, 15) is 4.79 Å². The van der Waals surface area contributed by atoms with Crippen molar-refractivity contribution in [3.05, 3.63) is 58.7 Å². The van der Waals surface area contributed by atoms with Crippen LogP contribution in [0.3, 0.4) is 0 Å². The maximum atomic E-state index is 12.8. The van der Waals surface area contributed by atoms with E-state index in [2.05, 4.69) is 22.6 Å². The number of fused-ring (bicyclic) bond motifs is 1. The summed E-state index contributed by atoms with van der Waals surface area (Å²) in [7, 11) is 4.69. The summed E-state index contributed by atoms with van der Waals surface area (Å²) < 4.78 is 16.1. The fourth-order valence-corrected chi connectivity index (χ4v) is 3.82. The van der Waals surface area contributed by atoms with E-state index in [0.29, 0.717) is 43.4 Å². The molecule has 0 saturated carbocycles. The normalized spacial score (nSPS) is 13.3. The third-order valence-corrected chi connectivity index (χ3v) is 5.49. The van der Waals surface area contributed by atoms with Gasteiger partial charge in [0.05, 0.1) is 13.7 Å². The minimum absolute atomic E-state index is 0. The first-order valence-electron chi connectivity index (χ1n) is 11.0. The van der Waals surface area contributed by atoms with Gasteiger partial charge < -0.3 is 24.4 Å². The van der Waals surface area contributed by atoms with Gasteiger partial charge in [-0.15, -0.1) is 0 Å². The van der Waals surface area contributed by atoms with E-state index < -0.39 is 0 Å². The van der Waals surface area contributed by atoms with E-state index in [0.717, 1.165) is 24.0 Å². The molecule has 0 saturated heterocycles. The second kappa shape index (κ2) is 12.1. The van der Waals surface area contributed by atoms with E-state index in [-0.39, 0.29) is 7.33 Å². The zero-order valence-electron chi connectivity index (χ0n) is 19.1. The number of carbonyl (C=O) groups excluding carboxylic acids is 1. The van der Waals surface area contributed by atoms with Crippen LogP contribution in [0, 0.1) is 0 Å². The molecule has 1 amide bonds. The molecule has 0 radical (unpaired) electrons. The number of rotatable bonds is 11. The molecule has 0 fully saturated rings. The molecular formula is C25H34N2O5. The van der Waals surface area contributed by atoms with Crippen molar-refractivity contribution in [2.75, 3.05) is 41.1 Å². The Kier molecular flexibility index (Phi) is 8.92. The zero-order chi connectivity index (χ0) is 22.8. The lowest BCUT2D eigenvalue weighted by molar-refractivity contribution is -0.114. The summed E-state index contributed by atoms with van der Waals surface area (Å²) in [5, 5.41) is 6.95. The summed E-state index contributed by atoms with van der Waals surface area (Å²) in [5.74, 6) is 1.06. The first-order valence-corrected chi connectivity index (χ1v) is 11.0. The smallest absolute Gasteiger partial charge is 0.273 e. The van der Waals surface area contributed by atoms with E-state index in [1.165, 1.54) is 31.1 Å². The second-order valence-electron chi connectivity index (χ2n) is 7.65. The number of amides is 1. The fraction of sp³-hybridized carbons (Fsp3) is 0.440. The zero-order valence-corrected chi connectivity index (χ0v) is 19.1. The van der Waals surface area contributed by atoms with Crippen LogP contribution in [-0.4, -0.2) is 52.7 Å². The van der Waals surface area contributed by atoms with Gasteiger partial charge in [-0.2, -0.15) is 0 Å². The standard InChI is InChI=1S/C25H32N2O5.H2/c1-29-14-15-32-22-11-8-18(16-23(22)30-2)12-13-26-25(28)24(27-31-3)21-10-9-19-6-4-5-7-20(19)17-21;/h8-11,16-17H,4-7,12-15H2,1-3H3,(H,26,28);1H/b27-24-;. The van der Waals surface area contributed by atoms with E-state index in [1.807, 2.05) is 24.3 Å². The van der Waals surface area contributed by atoms with Crippen LogP contribution in [0.1, 0.15) is 36.5 Å². The van der Waals surface area contributed by atoms with Gasteiger partial charge in [-0.3, -0.25) is 4.79 Å². The highest BCUT2D eigenvalue weighted by Crippen LogP contribution is 2.28. The Hall–Kier alpha value is -3.06. The highest BCUT2D eigenvalue weighted by atomic mass is 16.6. The summed E-state index contributed by atoms with van der Waals surface area (Å²) in [6, 6.07) is 11.9. The van der Waals surface area contributed by atoms with E-state index in [1.54, 1.807) is 14.2 Å². The maximum absolute atomic E-state index is 12.8. The van der Waals surface area contributed by atoms with Crippen LogP contribution >= 0.6 is 0 Å². The SMILES string of the molecule is COCCOc1ccc(CCNC(=O)/C(=N\OC)c2ccc3c(c2)CCCC3)cc1OC.[HH]. The van der Waals surface area contributed by atoms with Crippen molar-refractivity contribution in [1.29, 1.82) is 0 Å². The number of benzene rings is 2. The Morgan fingerprint density at radius 1 is 1.00 bits per heavy atom. The Labute approximate surface area is 191 Å². The Bertz CT molecular complexity index is 948. The average molecular weight is 443 g/mol. The predicted octanol–water partition coefficient (Wildman–Crippen LogP) is 3.55. The molecule has 2 aromatic rings. The molecule has 174 valence electrons. The van der Waals surface area contributed by atoms with Gasteiger partial charge >= 0.3 is 0 Å². The topological polar surface area (TPSA) is 78.4 Å². The Morgan fingerprint density at radius 3 is 2.56 bits per heavy atom. The molecule has 7 nitrogen and oxygen atoms in total. The highest BCUT2D eigenvalue weighted by Gasteiger charge is 2.18. The molecule has 1 aliphatic rings. The number of ether oxygens (including phenoxy) is 3. The van der Waals surface area contributed by atoms with Gasteiger partial charge in [-0.05, 0) is 67.0 Å². The molecule has 3 rings (SSSR count). The maximum Gasteiger partial charge on any atom is 0.273 e. The van der Waals surface area contributed by atoms with Gasteiger partial charge in [0, 0.05) is 20.6 Å². The summed E-state index contributed by atoms with van der Waals surface area (Å²) in [6.07, 6.45) is 5.18. The van der Waals surface area contributed by atoms with Gasteiger partial charge in [-0.25, -0.2) is 0 Å². The van der Waals surface area contributed by atoms with Crippen LogP contribution in [0.25, 0.3) is 0 Å². The number of hydrogen-bond acceptors (Lipinski definition) is 6. The van der Waals surface area contributed by atoms with E-state index >= 15 is 0 Å². The highest BCUT2D eigenvalue weighted by molar-refractivity contribution is 6.45. The van der Waals surface area contributed by atoms with Crippen molar-refractivity contribution in [2.24, 2.45) is 5.16 Å². The fourth-order valence-electron chi connectivity index (χ4n) is 3.82. The molecule has 1 aliphatic carbocycles. The number of methoxy groups -OCH3 is 2. The molecule has 0 spiro atoms. The van der Waals surface area contributed by atoms with Gasteiger partial charge in [0.2, 0.25) is 0 Å². The van der Waals surface area contributed by atoms with Crippen molar-refractivity contribution in [3.63, 3.8) is 0 Å². The van der Waals surface area contributed by atoms with Crippen molar-refractivity contribution in [3.8, 4) is 11.5 Å². The first-order chi connectivity index (χ1) is 15.7. The molecule has 32 heavy (non-hydrogen) atoms. The summed E-state index contributed by atoms with van der Waals surface area (Å²) in [5.41, 5.74) is 4.76. The Morgan fingerprint density at radius 2 is 1.81 bits per heavy atom. The molecular weight excluding hydrogens is 408 g/mol. The van der Waals surface area contributed by atoms with Crippen LogP contribution in [-0.2, 0) is 33.6 Å². The number of aryl methyl sites for hydroxylation is 2. The molecule has 0 heterocycles. The van der Waals surface area contributed by atoms with Crippen molar-refractivity contribution < 1.29 is 25.3 Å². The van der Waals surface area contributed by atoms with Crippen LogP contribution in [0.2, 0.25) is 0 Å². The molecule has 0 aliphatic heterocycles. The van der Waals surface area contributed by atoms with Gasteiger partial charge in [0.1, 0.15) is 13.7 Å². The number of nitrogens with zero attached hydrogens (tertiary/aromatic N) is 1. The average Bonchev–Trinajstić information content (AvgIpc) is 2.83. The summed E-state index contributed by atoms with van der Waals surface area (Å²) in [4.78, 5) is 17.8. The lowest BCUT2D eigenvalue weighted by atomic mass is 9.89. The van der Waals surface area contributed by atoms with Crippen LogP contribution < -0.4 is 14.8 Å². The minimum atomic E-state index is -0.255. The monoisotopic (exact) mass is 442 g/mol. The van der Waals surface area contributed by atoms with Gasteiger partial charge in [0.15, 0.2) is 17.2 Å². The number of hydrogen-bond donors (Lipinski definition) is 1. The van der Waals surface area contributed by atoms with Crippen molar-refractivity contribution in [1.82, 2.24) is 5.32 Å². The molecule has 0 unspecified atom stereocenters. The number of carbonyl (C=O) groups is 1. The molecule has 1 N–H and O–H groups in total. The Balaban J connectivity index is 0.00000385. The van der Waals surface area contributed by atoms with Gasteiger partial charge in [0.25, 0.3) is 5.91 Å². The minimum Gasteiger partial charge on any atom is -0.493 e. The molecule has 7 heteroatoms. The van der Waals surface area contributed by atoms with E-state index in [4.69, 9.17) is 19.0 Å². The van der Waals surface area contributed by atoms with Crippen LogP contribution in [0.15, 0.2) is 41.6 Å². The number of nitrogens with one attached hydrogen (secondary N) is 1. The molecule has 2 aromatic carbocycles. The number of oxime groups is 1. The summed E-state index contributed by atoms with van der Waals surface area (Å²) >= 11 is 0. The predicted molar refractivity (Wildman–Crippen MR) is 126 cm³/mol. The van der Waals surface area contributed by atoms with Crippen LogP contribution in [0.5, 0.6) is 11.5 Å². The lowest BCUT2D eigenvalue weighted by Crippen LogP contribution is -2.33. The molecule has 0 atom stereocenters.